The second-order valence-electron chi connectivity index (χ2n) is 8.17. The zero-order valence-corrected chi connectivity index (χ0v) is 18.9. The van der Waals surface area contributed by atoms with Gasteiger partial charge in [-0.3, -0.25) is 0 Å². The van der Waals surface area contributed by atoms with Gasteiger partial charge in [0.1, 0.15) is 0 Å². The highest BCUT2D eigenvalue weighted by Crippen LogP contribution is 2.35. The Morgan fingerprint density at radius 2 is 1.62 bits per heavy atom. The van der Waals surface area contributed by atoms with Crippen molar-refractivity contribution < 1.29 is 8.42 Å². The molecular formula is C26H23N3O2S. The number of para-hydroxylation sites is 1. The van der Waals surface area contributed by atoms with Gasteiger partial charge in [-0.1, -0.05) is 53.6 Å². The summed E-state index contributed by atoms with van der Waals surface area (Å²) in [5, 5.41) is 1.81. The third-order valence-electron chi connectivity index (χ3n) is 5.74. The summed E-state index contributed by atoms with van der Waals surface area (Å²) >= 11 is 0. The van der Waals surface area contributed by atoms with Crippen molar-refractivity contribution in [2.45, 2.75) is 25.7 Å². The molecule has 5 aromatic rings. The smallest absolute Gasteiger partial charge is 0.268 e. The minimum Gasteiger partial charge on any atom is -0.345 e. The molecule has 0 fully saturated rings. The molecule has 0 aliphatic rings. The fourth-order valence-corrected chi connectivity index (χ4v) is 5.79. The monoisotopic (exact) mass is 441 g/mol. The number of hydrogen-bond acceptors (Lipinski definition) is 3. The SMILES string of the molecule is CC(C)=C(c1ccc2c3ccccc3n(S(=O)(=O)c3ccc(C)cc3)c2c1)c1cnc[nH]1. The van der Waals surface area contributed by atoms with Crippen molar-refractivity contribution in [3.05, 3.63) is 102 Å². The van der Waals surface area contributed by atoms with Gasteiger partial charge in [-0.15, -0.1) is 0 Å². The van der Waals surface area contributed by atoms with Crippen molar-refractivity contribution in [1.82, 2.24) is 13.9 Å². The van der Waals surface area contributed by atoms with E-state index in [0.717, 1.165) is 38.7 Å². The number of nitrogens with zero attached hydrogens (tertiary/aromatic N) is 2. The number of aromatic nitrogens is 3. The van der Waals surface area contributed by atoms with Gasteiger partial charge in [-0.2, -0.15) is 0 Å². The van der Waals surface area contributed by atoms with E-state index in [9.17, 15) is 8.42 Å². The van der Waals surface area contributed by atoms with Crippen molar-refractivity contribution in [3.8, 4) is 0 Å². The number of aryl methyl sites for hydroxylation is 1. The van der Waals surface area contributed by atoms with Gasteiger partial charge < -0.3 is 4.98 Å². The van der Waals surface area contributed by atoms with E-state index in [1.54, 1.807) is 24.7 Å². The van der Waals surface area contributed by atoms with Crippen LogP contribution in [0.3, 0.4) is 0 Å². The molecule has 160 valence electrons. The van der Waals surface area contributed by atoms with Gasteiger partial charge in [-0.05, 0) is 50.6 Å². The maximum Gasteiger partial charge on any atom is 0.268 e. The van der Waals surface area contributed by atoms with E-state index in [1.165, 1.54) is 3.97 Å². The molecule has 0 spiro atoms. The minimum atomic E-state index is -3.80. The van der Waals surface area contributed by atoms with Crippen LogP contribution >= 0.6 is 0 Å². The molecule has 5 nitrogen and oxygen atoms in total. The van der Waals surface area contributed by atoms with Crippen LogP contribution in [0.2, 0.25) is 0 Å². The van der Waals surface area contributed by atoms with Crippen LogP contribution < -0.4 is 0 Å². The van der Waals surface area contributed by atoms with E-state index in [0.29, 0.717) is 11.0 Å². The van der Waals surface area contributed by atoms with Crippen molar-refractivity contribution >= 4 is 37.4 Å². The molecule has 0 atom stereocenters. The maximum atomic E-state index is 13.8. The molecule has 6 heteroatoms. The van der Waals surface area contributed by atoms with Gasteiger partial charge >= 0.3 is 0 Å². The molecule has 0 radical (unpaired) electrons. The summed E-state index contributed by atoms with van der Waals surface area (Å²) in [5.41, 5.74) is 6.29. The molecule has 0 aliphatic carbocycles. The first kappa shape index (κ1) is 20.3. The van der Waals surface area contributed by atoms with Crippen LogP contribution in [0.1, 0.15) is 30.7 Å². The standard InChI is InChI=1S/C26H23N3O2S/c1-17(2)26(23-15-27-16-28-23)19-10-13-22-21-6-4-5-7-24(21)29(25(22)14-19)32(30,31)20-11-8-18(3)9-12-20/h4-16H,1-3H3,(H,27,28). The number of nitrogens with one attached hydrogen (secondary N) is 1. The average Bonchev–Trinajstić information content (AvgIpc) is 3.40. The number of H-pyrrole nitrogens is 1. The van der Waals surface area contributed by atoms with Crippen molar-refractivity contribution in [2.24, 2.45) is 0 Å². The molecule has 0 saturated heterocycles. The number of imidazole rings is 1. The molecule has 0 saturated carbocycles. The topological polar surface area (TPSA) is 67.8 Å². The summed E-state index contributed by atoms with van der Waals surface area (Å²) in [6.45, 7) is 6.03. The molecule has 3 aromatic carbocycles. The number of rotatable bonds is 4. The zero-order valence-electron chi connectivity index (χ0n) is 18.1. The zero-order chi connectivity index (χ0) is 22.5. The first-order chi connectivity index (χ1) is 15.4. The van der Waals surface area contributed by atoms with E-state index in [2.05, 4.69) is 9.97 Å². The van der Waals surface area contributed by atoms with Crippen LogP contribution in [0.5, 0.6) is 0 Å². The maximum absolute atomic E-state index is 13.8. The van der Waals surface area contributed by atoms with Crippen LogP contribution in [0.15, 0.2) is 89.7 Å². The van der Waals surface area contributed by atoms with E-state index >= 15 is 0 Å². The lowest BCUT2D eigenvalue weighted by Crippen LogP contribution is -2.12. The number of fused-ring (bicyclic) bond motifs is 3. The van der Waals surface area contributed by atoms with Crippen molar-refractivity contribution in [3.63, 3.8) is 0 Å². The molecule has 0 aliphatic heterocycles. The minimum absolute atomic E-state index is 0.271. The van der Waals surface area contributed by atoms with E-state index < -0.39 is 10.0 Å². The predicted octanol–water partition coefficient (Wildman–Crippen LogP) is 5.90. The summed E-state index contributed by atoms with van der Waals surface area (Å²) in [7, 11) is -3.80. The van der Waals surface area contributed by atoms with Gasteiger partial charge in [0.25, 0.3) is 10.0 Å². The summed E-state index contributed by atoms with van der Waals surface area (Å²) in [5.74, 6) is 0. The Hall–Kier alpha value is -3.64. The predicted molar refractivity (Wildman–Crippen MR) is 129 cm³/mol. The quantitative estimate of drug-likeness (QED) is 0.377. The van der Waals surface area contributed by atoms with E-state index in [-0.39, 0.29) is 4.90 Å². The van der Waals surface area contributed by atoms with E-state index in [4.69, 9.17) is 0 Å². The number of hydrogen-bond donors (Lipinski definition) is 1. The Morgan fingerprint density at radius 3 is 2.31 bits per heavy atom. The fourth-order valence-electron chi connectivity index (χ4n) is 4.27. The van der Waals surface area contributed by atoms with Crippen molar-refractivity contribution in [1.29, 1.82) is 0 Å². The summed E-state index contributed by atoms with van der Waals surface area (Å²) in [6.07, 6.45) is 3.43. The second-order valence-corrected chi connectivity index (χ2v) is 9.96. The highest BCUT2D eigenvalue weighted by atomic mass is 32.2. The van der Waals surface area contributed by atoms with Crippen LogP contribution in [0, 0.1) is 6.92 Å². The van der Waals surface area contributed by atoms with Crippen LogP contribution in [0.25, 0.3) is 27.4 Å². The second kappa shape index (κ2) is 7.50. The molecule has 2 heterocycles. The molecule has 2 aromatic heterocycles. The molecule has 1 N–H and O–H groups in total. The highest BCUT2D eigenvalue weighted by Gasteiger charge is 2.24. The first-order valence-electron chi connectivity index (χ1n) is 10.4. The Kier molecular flexibility index (Phi) is 4.75. The lowest BCUT2D eigenvalue weighted by molar-refractivity contribution is 0.590. The molecule has 5 rings (SSSR count). The van der Waals surface area contributed by atoms with Gasteiger partial charge in [0.05, 0.1) is 34.1 Å². The molecule has 0 amide bonds. The number of allylic oxidation sites excluding steroid dienone is 1. The third kappa shape index (κ3) is 3.15. The largest absolute Gasteiger partial charge is 0.345 e. The Labute approximate surface area is 187 Å². The van der Waals surface area contributed by atoms with Gasteiger partial charge in [0.15, 0.2) is 0 Å². The molecular weight excluding hydrogens is 418 g/mol. The molecule has 0 bridgehead atoms. The Balaban J connectivity index is 1.85. The summed E-state index contributed by atoms with van der Waals surface area (Å²) < 4.78 is 29.1. The summed E-state index contributed by atoms with van der Waals surface area (Å²) in [4.78, 5) is 7.60. The highest BCUT2D eigenvalue weighted by molar-refractivity contribution is 7.90. The van der Waals surface area contributed by atoms with Gasteiger partial charge in [0, 0.05) is 16.3 Å². The lowest BCUT2D eigenvalue weighted by Gasteiger charge is -2.12. The van der Waals surface area contributed by atoms with Crippen LogP contribution in [0.4, 0.5) is 0 Å². The number of benzene rings is 3. The number of aromatic amines is 1. The van der Waals surface area contributed by atoms with Crippen molar-refractivity contribution in [2.75, 3.05) is 0 Å². The molecule has 0 unspecified atom stereocenters. The third-order valence-corrected chi connectivity index (χ3v) is 7.49. The Bertz CT molecular complexity index is 1590. The lowest BCUT2D eigenvalue weighted by atomic mass is 9.97. The first-order valence-corrected chi connectivity index (χ1v) is 11.8. The van der Waals surface area contributed by atoms with E-state index in [1.807, 2.05) is 75.4 Å². The fraction of sp³-hybridized carbons (Fsp3) is 0.115. The normalized spacial score (nSPS) is 11.8. The Morgan fingerprint density at radius 1 is 0.906 bits per heavy atom. The van der Waals surface area contributed by atoms with Crippen LogP contribution in [-0.4, -0.2) is 22.4 Å². The van der Waals surface area contributed by atoms with Gasteiger partial charge in [-0.25, -0.2) is 17.4 Å². The molecule has 32 heavy (non-hydrogen) atoms. The van der Waals surface area contributed by atoms with Crippen LogP contribution in [-0.2, 0) is 10.0 Å². The summed E-state index contributed by atoms with van der Waals surface area (Å²) in [6, 6.07) is 20.6. The van der Waals surface area contributed by atoms with Gasteiger partial charge in [0.2, 0.25) is 0 Å². The average molecular weight is 442 g/mol.